The van der Waals surface area contributed by atoms with Crippen LogP contribution in [0.15, 0.2) is 27.7 Å². The number of hydrogen-bond acceptors (Lipinski definition) is 5. The first-order valence-corrected chi connectivity index (χ1v) is 9.36. The van der Waals surface area contributed by atoms with Gasteiger partial charge in [0.2, 0.25) is 0 Å². The molecule has 1 heterocycles. The van der Waals surface area contributed by atoms with E-state index in [-0.39, 0.29) is 0 Å². The molecule has 0 bridgehead atoms. The maximum Gasteiger partial charge on any atom is 0.195 e. The Bertz CT molecular complexity index is 736. The van der Waals surface area contributed by atoms with Crippen LogP contribution in [0, 0.1) is 13.8 Å². The average molecular weight is 374 g/mol. The van der Waals surface area contributed by atoms with E-state index in [4.69, 9.17) is 14.0 Å². The van der Waals surface area contributed by atoms with Gasteiger partial charge in [0.1, 0.15) is 5.76 Å². The lowest BCUT2D eigenvalue weighted by atomic mass is 10.1. The zero-order valence-electron chi connectivity index (χ0n) is 16.9. The van der Waals surface area contributed by atoms with Crippen molar-refractivity contribution in [3.8, 4) is 11.5 Å². The van der Waals surface area contributed by atoms with Crippen molar-refractivity contribution in [2.75, 3.05) is 32.1 Å². The predicted octanol–water partition coefficient (Wildman–Crippen LogP) is 3.71. The summed E-state index contributed by atoms with van der Waals surface area (Å²) < 4.78 is 16.2. The molecule has 0 radical (unpaired) electrons. The zero-order valence-corrected chi connectivity index (χ0v) is 16.9. The highest BCUT2D eigenvalue weighted by molar-refractivity contribution is 5.93. The van der Waals surface area contributed by atoms with Gasteiger partial charge in [0.25, 0.3) is 0 Å². The molecule has 148 valence electrons. The second-order valence-electron chi connectivity index (χ2n) is 6.09. The van der Waals surface area contributed by atoms with Crippen molar-refractivity contribution in [2.24, 2.45) is 4.99 Å². The van der Waals surface area contributed by atoms with Crippen LogP contribution in [0.3, 0.4) is 0 Å². The third kappa shape index (κ3) is 5.91. The van der Waals surface area contributed by atoms with Crippen molar-refractivity contribution < 1.29 is 14.0 Å². The van der Waals surface area contributed by atoms with Gasteiger partial charge in [-0.2, -0.15) is 0 Å². The van der Waals surface area contributed by atoms with Crippen LogP contribution in [0.5, 0.6) is 11.5 Å². The quantitative estimate of drug-likeness (QED) is 0.396. The first kappa shape index (κ1) is 20.6. The first-order chi connectivity index (χ1) is 13.1. The molecule has 0 aliphatic carbocycles. The van der Waals surface area contributed by atoms with Crippen molar-refractivity contribution in [1.29, 1.82) is 0 Å². The standard InChI is InChI=1S/C20H30N4O3/c1-6-21-20(22-12-8-9-17-14(3)24-27-15(17)4)23-16-10-11-18(25-5)19(13-16)26-7-2/h10-11,13H,6-9,12H2,1-5H3,(H2,21,22,23). The van der Waals surface area contributed by atoms with Gasteiger partial charge in [-0.3, -0.25) is 4.99 Å². The largest absolute Gasteiger partial charge is 0.493 e. The minimum absolute atomic E-state index is 0.579. The Hall–Kier alpha value is -2.70. The molecule has 1 aromatic carbocycles. The molecule has 0 unspecified atom stereocenters. The van der Waals surface area contributed by atoms with E-state index in [9.17, 15) is 0 Å². The molecule has 2 aromatic rings. The number of methoxy groups -OCH3 is 1. The van der Waals surface area contributed by atoms with Crippen molar-refractivity contribution >= 4 is 11.6 Å². The molecule has 2 rings (SSSR count). The number of nitrogens with zero attached hydrogens (tertiary/aromatic N) is 2. The second kappa shape index (κ2) is 10.4. The van der Waals surface area contributed by atoms with Crippen LogP contribution in [-0.4, -0.2) is 37.9 Å². The summed E-state index contributed by atoms with van der Waals surface area (Å²) in [5.41, 5.74) is 3.03. The number of aliphatic imine (C=N–C) groups is 1. The number of guanidine groups is 1. The first-order valence-electron chi connectivity index (χ1n) is 9.36. The number of rotatable bonds is 9. The zero-order chi connectivity index (χ0) is 19.6. The highest BCUT2D eigenvalue weighted by Gasteiger charge is 2.09. The van der Waals surface area contributed by atoms with E-state index < -0.39 is 0 Å². The minimum Gasteiger partial charge on any atom is -0.493 e. The fourth-order valence-corrected chi connectivity index (χ4v) is 2.77. The fraction of sp³-hybridized carbons (Fsp3) is 0.500. The lowest BCUT2D eigenvalue weighted by molar-refractivity contribution is 0.311. The average Bonchev–Trinajstić information content (AvgIpc) is 2.97. The van der Waals surface area contributed by atoms with Crippen LogP contribution in [0.1, 0.15) is 37.3 Å². The molecule has 7 nitrogen and oxygen atoms in total. The molecule has 2 N–H and O–H groups in total. The number of aromatic nitrogens is 1. The van der Waals surface area contributed by atoms with E-state index in [1.807, 2.05) is 45.9 Å². The summed E-state index contributed by atoms with van der Waals surface area (Å²) in [4.78, 5) is 4.66. The van der Waals surface area contributed by atoms with Crippen LogP contribution in [0.25, 0.3) is 0 Å². The van der Waals surface area contributed by atoms with E-state index in [0.717, 1.165) is 42.5 Å². The monoisotopic (exact) mass is 374 g/mol. The second-order valence-corrected chi connectivity index (χ2v) is 6.09. The highest BCUT2D eigenvalue weighted by Crippen LogP contribution is 2.30. The maximum atomic E-state index is 5.63. The Kier molecular flexibility index (Phi) is 7.98. The van der Waals surface area contributed by atoms with Crippen LogP contribution < -0.4 is 20.1 Å². The van der Waals surface area contributed by atoms with E-state index in [1.54, 1.807) is 7.11 Å². The molecular formula is C20H30N4O3. The summed E-state index contributed by atoms with van der Waals surface area (Å²) in [5.74, 6) is 3.05. The summed E-state index contributed by atoms with van der Waals surface area (Å²) in [6.07, 6.45) is 1.83. The van der Waals surface area contributed by atoms with Gasteiger partial charge in [-0.25, -0.2) is 0 Å². The molecule has 0 atom stereocenters. The molecule has 0 aliphatic rings. The molecular weight excluding hydrogens is 344 g/mol. The van der Waals surface area contributed by atoms with Gasteiger partial charge in [-0.15, -0.1) is 0 Å². The Morgan fingerprint density at radius 3 is 2.67 bits per heavy atom. The molecule has 27 heavy (non-hydrogen) atoms. The third-order valence-electron chi connectivity index (χ3n) is 4.11. The number of anilines is 1. The maximum absolute atomic E-state index is 5.63. The number of nitrogens with one attached hydrogen (secondary N) is 2. The summed E-state index contributed by atoms with van der Waals surface area (Å²) in [6.45, 7) is 9.97. The predicted molar refractivity (Wildman–Crippen MR) is 108 cm³/mol. The minimum atomic E-state index is 0.579. The SMILES string of the molecule is CCNC(=NCCCc1c(C)noc1C)Nc1ccc(OC)c(OCC)c1. The molecule has 0 amide bonds. The summed E-state index contributed by atoms with van der Waals surface area (Å²) >= 11 is 0. The van der Waals surface area contributed by atoms with Gasteiger partial charge in [0, 0.05) is 30.4 Å². The molecule has 0 saturated heterocycles. The molecule has 0 aliphatic heterocycles. The van der Waals surface area contributed by atoms with Gasteiger partial charge in [0.05, 0.1) is 19.4 Å². The lowest BCUT2D eigenvalue weighted by Gasteiger charge is -2.14. The number of ether oxygens (including phenoxy) is 2. The Labute approximate surface area is 161 Å². The Morgan fingerprint density at radius 2 is 2.04 bits per heavy atom. The Morgan fingerprint density at radius 1 is 1.22 bits per heavy atom. The lowest BCUT2D eigenvalue weighted by Crippen LogP contribution is -2.30. The van der Waals surface area contributed by atoms with Gasteiger partial charge in [-0.1, -0.05) is 5.16 Å². The van der Waals surface area contributed by atoms with E-state index in [1.165, 1.54) is 5.56 Å². The normalized spacial score (nSPS) is 11.4. The van der Waals surface area contributed by atoms with Crippen molar-refractivity contribution in [3.63, 3.8) is 0 Å². The molecule has 0 fully saturated rings. The molecule has 1 aromatic heterocycles. The van der Waals surface area contributed by atoms with Crippen molar-refractivity contribution in [3.05, 3.63) is 35.2 Å². The fourth-order valence-electron chi connectivity index (χ4n) is 2.77. The van der Waals surface area contributed by atoms with Gasteiger partial charge >= 0.3 is 0 Å². The van der Waals surface area contributed by atoms with Crippen molar-refractivity contribution in [1.82, 2.24) is 10.5 Å². The van der Waals surface area contributed by atoms with E-state index in [2.05, 4.69) is 20.8 Å². The van der Waals surface area contributed by atoms with E-state index >= 15 is 0 Å². The molecule has 0 spiro atoms. The number of benzene rings is 1. The topological polar surface area (TPSA) is 80.9 Å². The van der Waals surface area contributed by atoms with Crippen LogP contribution in [0.2, 0.25) is 0 Å². The summed E-state index contributed by atoms with van der Waals surface area (Å²) in [6, 6.07) is 5.74. The summed E-state index contributed by atoms with van der Waals surface area (Å²) in [5, 5.41) is 10.6. The van der Waals surface area contributed by atoms with Gasteiger partial charge in [-0.05, 0) is 52.7 Å². The number of hydrogen-bond donors (Lipinski definition) is 2. The van der Waals surface area contributed by atoms with Crippen molar-refractivity contribution in [2.45, 2.75) is 40.5 Å². The number of aryl methyl sites for hydroxylation is 2. The van der Waals surface area contributed by atoms with Crippen LogP contribution in [0.4, 0.5) is 5.69 Å². The van der Waals surface area contributed by atoms with Crippen LogP contribution >= 0.6 is 0 Å². The van der Waals surface area contributed by atoms with Crippen LogP contribution in [-0.2, 0) is 6.42 Å². The third-order valence-corrected chi connectivity index (χ3v) is 4.11. The van der Waals surface area contributed by atoms with Gasteiger partial charge in [0.15, 0.2) is 17.5 Å². The summed E-state index contributed by atoms with van der Waals surface area (Å²) in [7, 11) is 1.63. The smallest absolute Gasteiger partial charge is 0.195 e. The van der Waals surface area contributed by atoms with Gasteiger partial charge < -0.3 is 24.6 Å². The Balaban J connectivity index is 1.99. The highest BCUT2D eigenvalue weighted by atomic mass is 16.5. The van der Waals surface area contributed by atoms with E-state index in [0.29, 0.717) is 24.7 Å². The molecule has 7 heteroatoms. The molecule has 0 saturated carbocycles.